The van der Waals surface area contributed by atoms with Crippen LogP contribution in [0.15, 0.2) is 60.8 Å². The molecule has 3 heteroatoms. The molecular weight excluding hydrogens is 284 g/mol. The highest BCUT2D eigenvalue weighted by atomic mass is 16.5. The largest absolute Gasteiger partial charge is 0.490 e. The van der Waals surface area contributed by atoms with Gasteiger partial charge in [0.25, 0.3) is 0 Å². The average Bonchev–Trinajstić information content (AvgIpc) is 2.63. The summed E-state index contributed by atoms with van der Waals surface area (Å²) in [5.41, 5.74) is 3.44. The summed E-state index contributed by atoms with van der Waals surface area (Å²) in [6.07, 6.45) is 4.33. The van der Waals surface area contributed by atoms with Gasteiger partial charge in [-0.25, -0.2) is 0 Å². The molecule has 1 N–H and O–H groups in total. The van der Waals surface area contributed by atoms with Gasteiger partial charge in [0, 0.05) is 11.6 Å². The lowest BCUT2D eigenvalue weighted by atomic mass is 10.0. The Labute approximate surface area is 136 Å². The summed E-state index contributed by atoms with van der Waals surface area (Å²) in [5.74, 6) is 0.957. The molecule has 1 aromatic heterocycles. The first-order chi connectivity index (χ1) is 11.4. The van der Waals surface area contributed by atoms with Crippen LogP contribution in [0.4, 0.5) is 0 Å². The number of rotatable bonds is 3. The first-order valence-electron chi connectivity index (χ1n) is 8.22. The molecular formula is C20H20N2O. The normalized spacial score (nSPS) is 15.7. The molecule has 0 unspecified atom stereocenters. The van der Waals surface area contributed by atoms with E-state index in [-0.39, 0.29) is 0 Å². The second-order valence-corrected chi connectivity index (χ2v) is 5.97. The fourth-order valence-corrected chi connectivity index (χ4v) is 3.17. The third-order valence-corrected chi connectivity index (χ3v) is 4.40. The summed E-state index contributed by atoms with van der Waals surface area (Å²) >= 11 is 0. The van der Waals surface area contributed by atoms with Crippen LogP contribution in [-0.4, -0.2) is 24.2 Å². The monoisotopic (exact) mass is 304 g/mol. The van der Waals surface area contributed by atoms with E-state index in [0.29, 0.717) is 6.10 Å². The third kappa shape index (κ3) is 3.06. The molecule has 2 aromatic carbocycles. The van der Waals surface area contributed by atoms with Crippen molar-refractivity contribution in [3.8, 4) is 16.9 Å². The Morgan fingerprint density at radius 3 is 2.57 bits per heavy atom. The number of ether oxygens (including phenoxy) is 1. The summed E-state index contributed by atoms with van der Waals surface area (Å²) in [5, 5.41) is 4.54. The van der Waals surface area contributed by atoms with Gasteiger partial charge in [-0.2, -0.15) is 0 Å². The molecule has 1 aliphatic rings. The molecule has 1 fully saturated rings. The lowest BCUT2D eigenvalue weighted by Crippen LogP contribution is -2.34. The Bertz CT molecular complexity index is 787. The van der Waals surface area contributed by atoms with Gasteiger partial charge in [0.15, 0.2) is 0 Å². The van der Waals surface area contributed by atoms with Gasteiger partial charge in [0.05, 0.1) is 5.52 Å². The van der Waals surface area contributed by atoms with E-state index in [1.807, 2.05) is 18.3 Å². The highest BCUT2D eigenvalue weighted by Crippen LogP contribution is 2.29. The zero-order valence-electron chi connectivity index (χ0n) is 13.0. The van der Waals surface area contributed by atoms with Gasteiger partial charge >= 0.3 is 0 Å². The fraction of sp³-hybridized carbons (Fsp3) is 0.250. The summed E-state index contributed by atoms with van der Waals surface area (Å²) in [7, 11) is 0. The molecule has 1 aliphatic heterocycles. The van der Waals surface area contributed by atoms with E-state index < -0.39 is 0 Å². The van der Waals surface area contributed by atoms with Crippen molar-refractivity contribution in [2.24, 2.45) is 0 Å². The van der Waals surface area contributed by atoms with Crippen LogP contribution in [0.3, 0.4) is 0 Å². The van der Waals surface area contributed by atoms with E-state index >= 15 is 0 Å². The number of benzene rings is 2. The molecule has 2 heterocycles. The van der Waals surface area contributed by atoms with E-state index in [2.05, 4.69) is 52.8 Å². The topological polar surface area (TPSA) is 34.1 Å². The Morgan fingerprint density at radius 1 is 0.913 bits per heavy atom. The first kappa shape index (κ1) is 14.2. The average molecular weight is 304 g/mol. The van der Waals surface area contributed by atoms with Crippen LogP contribution in [0.5, 0.6) is 5.75 Å². The maximum absolute atomic E-state index is 6.08. The maximum atomic E-state index is 6.08. The Hall–Kier alpha value is -2.39. The van der Waals surface area contributed by atoms with Crippen LogP contribution in [0.2, 0.25) is 0 Å². The minimum absolute atomic E-state index is 0.337. The summed E-state index contributed by atoms with van der Waals surface area (Å²) < 4.78 is 6.08. The summed E-state index contributed by atoms with van der Waals surface area (Å²) in [4.78, 5) is 4.43. The number of nitrogens with one attached hydrogen (secondary N) is 1. The second-order valence-electron chi connectivity index (χ2n) is 5.97. The number of fused-ring (bicyclic) bond motifs is 1. The van der Waals surface area contributed by atoms with Gasteiger partial charge in [-0.05, 0) is 61.3 Å². The quantitative estimate of drug-likeness (QED) is 0.793. The van der Waals surface area contributed by atoms with Crippen molar-refractivity contribution in [2.75, 3.05) is 13.1 Å². The molecule has 1 saturated heterocycles. The van der Waals surface area contributed by atoms with Gasteiger partial charge in [-0.3, -0.25) is 4.98 Å². The molecule has 0 saturated carbocycles. The van der Waals surface area contributed by atoms with Crippen molar-refractivity contribution in [2.45, 2.75) is 18.9 Å². The molecule has 0 aliphatic carbocycles. The zero-order chi connectivity index (χ0) is 15.5. The molecule has 0 amide bonds. The minimum Gasteiger partial charge on any atom is -0.490 e. The molecule has 4 rings (SSSR count). The van der Waals surface area contributed by atoms with E-state index in [9.17, 15) is 0 Å². The van der Waals surface area contributed by atoms with Crippen LogP contribution in [0.1, 0.15) is 12.8 Å². The molecule has 0 spiro atoms. The maximum Gasteiger partial charge on any atom is 0.119 e. The molecule has 0 radical (unpaired) electrons. The van der Waals surface area contributed by atoms with Crippen LogP contribution in [0, 0.1) is 0 Å². The molecule has 3 aromatic rings. The van der Waals surface area contributed by atoms with Crippen molar-refractivity contribution in [1.82, 2.24) is 10.3 Å². The lowest BCUT2D eigenvalue weighted by Gasteiger charge is -2.23. The van der Waals surface area contributed by atoms with Gasteiger partial charge < -0.3 is 10.1 Å². The molecule has 3 nitrogen and oxygen atoms in total. The Balaban J connectivity index is 1.59. The van der Waals surface area contributed by atoms with Gasteiger partial charge in [-0.1, -0.05) is 30.3 Å². The van der Waals surface area contributed by atoms with Crippen molar-refractivity contribution < 1.29 is 4.74 Å². The second kappa shape index (κ2) is 6.39. The van der Waals surface area contributed by atoms with Gasteiger partial charge in [0.2, 0.25) is 0 Å². The number of aromatic nitrogens is 1. The number of hydrogen-bond acceptors (Lipinski definition) is 3. The lowest BCUT2D eigenvalue weighted by molar-refractivity contribution is 0.162. The number of hydrogen-bond donors (Lipinski definition) is 1. The van der Waals surface area contributed by atoms with E-state index in [1.54, 1.807) is 0 Å². The molecule has 0 atom stereocenters. The van der Waals surface area contributed by atoms with Crippen molar-refractivity contribution in [3.05, 3.63) is 60.8 Å². The van der Waals surface area contributed by atoms with Crippen LogP contribution in [-0.2, 0) is 0 Å². The Kier molecular flexibility index (Phi) is 3.95. The minimum atomic E-state index is 0.337. The predicted molar refractivity (Wildman–Crippen MR) is 93.7 cm³/mol. The Morgan fingerprint density at radius 2 is 1.74 bits per heavy atom. The standard InChI is InChI=1S/C20H20N2O/c1-3-18(19-4-2-12-22-20(19)5-1)15-6-8-16(9-7-15)23-17-10-13-21-14-11-17/h1-9,12,17,21H,10-11,13-14H2. The van der Waals surface area contributed by atoms with Gasteiger partial charge in [0.1, 0.15) is 11.9 Å². The summed E-state index contributed by atoms with van der Waals surface area (Å²) in [6, 6.07) is 18.8. The third-order valence-electron chi connectivity index (χ3n) is 4.40. The number of pyridine rings is 1. The highest BCUT2D eigenvalue weighted by Gasteiger charge is 2.14. The predicted octanol–water partition coefficient (Wildman–Crippen LogP) is 4.03. The van der Waals surface area contributed by atoms with E-state index in [0.717, 1.165) is 37.2 Å². The van der Waals surface area contributed by atoms with E-state index in [4.69, 9.17) is 4.74 Å². The van der Waals surface area contributed by atoms with Gasteiger partial charge in [-0.15, -0.1) is 0 Å². The first-order valence-corrected chi connectivity index (χ1v) is 8.22. The van der Waals surface area contributed by atoms with E-state index in [1.165, 1.54) is 16.5 Å². The fourth-order valence-electron chi connectivity index (χ4n) is 3.17. The van der Waals surface area contributed by atoms with Crippen molar-refractivity contribution in [3.63, 3.8) is 0 Å². The number of nitrogens with zero attached hydrogens (tertiary/aromatic N) is 1. The van der Waals surface area contributed by atoms with Crippen LogP contribution < -0.4 is 10.1 Å². The molecule has 0 bridgehead atoms. The van der Waals surface area contributed by atoms with Crippen LogP contribution >= 0.6 is 0 Å². The molecule has 116 valence electrons. The molecule has 23 heavy (non-hydrogen) atoms. The number of piperidine rings is 1. The SMILES string of the molecule is c1cc(-c2ccc(OC3CCNCC3)cc2)c2cccnc2c1. The highest BCUT2D eigenvalue weighted by molar-refractivity contribution is 5.94. The van der Waals surface area contributed by atoms with Crippen molar-refractivity contribution >= 4 is 10.9 Å². The zero-order valence-corrected chi connectivity index (χ0v) is 13.0. The summed E-state index contributed by atoms with van der Waals surface area (Å²) in [6.45, 7) is 2.09. The van der Waals surface area contributed by atoms with Crippen molar-refractivity contribution in [1.29, 1.82) is 0 Å². The van der Waals surface area contributed by atoms with Crippen LogP contribution in [0.25, 0.3) is 22.0 Å². The smallest absolute Gasteiger partial charge is 0.119 e.